The fourth-order valence-corrected chi connectivity index (χ4v) is 2.63. The number of anilines is 2. The molecule has 4 nitrogen and oxygen atoms in total. The zero-order chi connectivity index (χ0) is 14.7. The Morgan fingerprint density at radius 2 is 1.90 bits per heavy atom. The molecule has 0 atom stereocenters. The third-order valence-corrected chi connectivity index (χ3v) is 4.13. The molecule has 0 saturated heterocycles. The summed E-state index contributed by atoms with van der Waals surface area (Å²) >= 11 is 10.1. The Bertz CT molecular complexity index is 661. The average molecular weight is 464 g/mol. The van der Waals surface area contributed by atoms with Crippen molar-refractivity contribution in [1.82, 2.24) is 4.98 Å². The molecule has 1 aromatic carbocycles. The number of rotatable bonds is 3. The van der Waals surface area contributed by atoms with Gasteiger partial charge in [-0.05, 0) is 56.1 Å². The van der Waals surface area contributed by atoms with Gasteiger partial charge >= 0.3 is 0 Å². The molecule has 1 amide bonds. The van der Waals surface area contributed by atoms with Crippen molar-refractivity contribution in [2.75, 3.05) is 17.7 Å². The summed E-state index contributed by atoms with van der Waals surface area (Å²) in [4.78, 5) is 16.5. The lowest BCUT2D eigenvalue weighted by molar-refractivity contribution is 0.102. The van der Waals surface area contributed by atoms with Crippen LogP contribution < -0.4 is 10.6 Å². The van der Waals surface area contributed by atoms with E-state index in [0.717, 1.165) is 13.4 Å². The van der Waals surface area contributed by atoms with Gasteiger partial charge in [0.25, 0.3) is 5.91 Å². The van der Waals surface area contributed by atoms with E-state index in [1.54, 1.807) is 19.3 Å². The Labute approximate surface area is 141 Å². The lowest BCUT2D eigenvalue weighted by atomic mass is 10.2. The van der Waals surface area contributed by atoms with Crippen LogP contribution in [0.25, 0.3) is 0 Å². The van der Waals surface area contributed by atoms with Crippen LogP contribution in [0, 0.1) is 0 Å². The molecule has 0 aliphatic rings. The average Bonchev–Trinajstić information content (AvgIpc) is 2.42. The highest BCUT2D eigenvalue weighted by Gasteiger charge is 2.14. The SMILES string of the molecule is CNc1ncc(Br)cc1C(=O)Nc1cc(Br)ccc1Br. The number of hydrogen-bond acceptors (Lipinski definition) is 3. The largest absolute Gasteiger partial charge is 0.372 e. The molecule has 104 valence electrons. The molecule has 0 bridgehead atoms. The van der Waals surface area contributed by atoms with Crippen LogP contribution in [0.3, 0.4) is 0 Å². The van der Waals surface area contributed by atoms with Gasteiger partial charge < -0.3 is 10.6 Å². The van der Waals surface area contributed by atoms with Crippen LogP contribution in [0.4, 0.5) is 11.5 Å². The van der Waals surface area contributed by atoms with Crippen LogP contribution in [0.15, 0.2) is 43.9 Å². The summed E-state index contributed by atoms with van der Waals surface area (Å²) in [6.45, 7) is 0. The molecule has 0 saturated carbocycles. The van der Waals surface area contributed by atoms with Gasteiger partial charge in [-0.15, -0.1) is 0 Å². The smallest absolute Gasteiger partial charge is 0.259 e. The highest BCUT2D eigenvalue weighted by Crippen LogP contribution is 2.27. The molecule has 20 heavy (non-hydrogen) atoms. The van der Waals surface area contributed by atoms with Crippen molar-refractivity contribution in [2.24, 2.45) is 0 Å². The fraction of sp³-hybridized carbons (Fsp3) is 0.0769. The summed E-state index contributed by atoms with van der Waals surface area (Å²) < 4.78 is 2.44. The number of halogens is 3. The number of amides is 1. The van der Waals surface area contributed by atoms with E-state index in [1.807, 2.05) is 18.2 Å². The number of carbonyl (C=O) groups excluding carboxylic acids is 1. The van der Waals surface area contributed by atoms with Gasteiger partial charge in [-0.3, -0.25) is 4.79 Å². The van der Waals surface area contributed by atoms with Gasteiger partial charge in [-0.1, -0.05) is 15.9 Å². The molecule has 0 unspecified atom stereocenters. The number of benzene rings is 1. The summed E-state index contributed by atoms with van der Waals surface area (Å²) in [5.41, 5.74) is 1.15. The number of nitrogens with zero attached hydrogens (tertiary/aromatic N) is 1. The fourth-order valence-electron chi connectivity index (χ4n) is 1.59. The standard InChI is InChI=1S/C13H10Br3N3O/c1-17-12-9(4-8(15)6-18-12)13(20)19-11-5-7(14)2-3-10(11)16/h2-6H,1H3,(H,17,18)(H,19,20). The first kappa shape index (κ1) is 15.5. The third-order valence-electron chi connectivity index (χ3n) is 2.51. The molecule has 0 aliphatic carbocycles. The molecule has 1 aromatic heterocycles. The second-order valence-electron chi connectivity index (χ2n) is 3.88. The van der Waals surface area contributed by atoms with Crippen molar-refractivity contribution in [3.63, 3.8) is 0 Å². The molecule has 2 aromatic rings. The first-order valence-electron chi connectivity index (χ1n) is 5.61. The highest BCUT2D eigenvalue weighted by molar-refractivity contribution is 9.11. The monoisotopic (exact) mass is 461 g/mol. The predicted molar refractivity (Wildman–Crippen MR) is 91.3 cm³/mol. The second-order valence-corrected chi connectivity index (χ2v) is 6.56. The highest BCUT2D eigenvalue weighted by atomic mass is 79.9. The molecular weight excluding hydrogens is 454 g/mol. The quantitative estimate of drug-likeness (QED) is 0.696. The summed E-state index contributed by atoms with van der Waals surface area (Å²) in [6, 6.07) is 7.30. The summed E-state index contributed by atoms with van der Waals surface area (Å²) in [7, 11) is 1.72. The van der Waals surface area contributed by atoms with Crippen molar-refractivity contribution in [2.45, 2.75) is 0 Å². The summed E-state index contributed by atoms with van der Waals surface area (Å²) in [6.07, 6.45) is 1.64. The van der Waals surface area contributed by atoms with Crippen molar-refractivity contribution in [3.05, 3.63) is 49.4 Å². The molecule has 0 aliphatic heterocycles. The molecule has 0 radical (unpaired) electrons. The molecule has 0 fully saturated rings. The van der Waals surface area contributed by atoms with Crippen LogP contribution in [0.5, 0.6) is 0 Å². The van der Waals surface area contributed by atoms with Crippen LogP contribution in [-0.4, -0.2) is 17.9 Å². The van der Waals surface area contributed by atoms with Gasteiger partial charge in [0.1, 0.15) is 5.82 Å². The Hall–Kier alpha value is -0.920. The van der Waals surface area contributed by atoms with Crippen molar-refractivity contribution in [3.8, 4) is 0 Å². The normalized spacial score (nSPS) is 10.2. The summed E-state index contributed by atoms with van der Waals surface area (Å²) in [5.74, 6) is 0.291. The van der Waals surface area contributed by atoms with Crippen LogP contribution in [0.1, 0.15) is 10.4 Å². The van der Waals surface area contributed by atoms with E-state index in [0.29, 0.717) is 17.1 Å². The second kappa shape index (κ2) is 6.69. The molecule has 7 heteroatoms. The zero-order valence-corrected chi connectivity index (χ0v) is 15.1. The molecular formula is C13H10Br3N3O. The number of carbonyl (C=O) groups is 1. The Morgan fingerprint density at radius 1 is 1.15 bits per heavy atom. The number of aromatic nitrogens is 1. The molecule has 2 N–H and O–H groups in total. The molecule has 1 heterocycles. The molecule has 2 rings (SSSR count). The van der Waals surface area contributed by atoms with Gasteiger partial charge in [0.2, 0.25) is 0 Å². The first-order valence-corrected chi connectivity index (χ1v) is 7.99. The first-order chi connectivity index (χ1) is 9.51. The van der Waals surface area contributed by atoms with E-state index in [2.05, 4.69) is 63.4 Å². The maximum Gasteiger partial charge on any atom is 0.259 e. The van der Waals surface area contributed by atoms with E-state index in [4.69, 9.17) is 0 Å². The van der Waals surface area contributed by atoms with Gasteiger partial charge in [-0.2, -0.15) is 0 Å². The van der Waals surface area contributed by atoms with Crippen LogP contribution in [0.2, 0.25) is 0 Å². The van der Waals surface area contributed by atoms with Crippen molar-refractivity contribution >= 4 is 65.2 Å². The van der Waals surface area contributed by atoms with Gasteiger partial charge in [0, 0.05) is 26.7 Å². The minimum atomic E-state index is -0.234. The topological polar surface area (TPSA) is 54.0 Å². The van der Waals surface area contributed by atoms with E-state index in [9.17, 15) is 4.79 Å². The van der Waals surface area contributed by atoms with E-state index < -0.39 is 0 Å². The summed E-state index contributed by atoms with van der Waals surface area (Å²) in [5, 5.41) is 5.75. The Kier molecular flexibility index (Phi) is 5.17. The van der Waals surface area contributed by atoms with Crippen LogP contribution in [-0.2, 0) is 0 Å². The minimum Gasteiger partial charge on any atom is -0.372 e. The van der Waals surface area contributed by atoms with E-state index in [1.165, 1.54) is 0 Å². The maximum atomic E-state index is 12.4. The number of hydrogen-bond donors (Lipinski definition) is 2. The lowest BCUT2D eigenvalue weighted by Crippen LogP contribution is -2.15. The van der Waals surface area contributed by atoms with Gasteiger partial charge in [0.05, 0.1) is 11.3 Å². The third kappa shape index (κ3) is 3.59. The zero-order valence-electron chi connectivity index (χ0n) is 10.4. The predicted octanol–water partition coefficient (Wildman–Crippen LogP) is 4.66. The molecule has 0 spiro atoms. The lowest BCUT2D eigenvalue weighted by Gasteiger charge is -2.11. The van der Waals surface area contributed by atoms with Crippen molar-refractivity contribution in [1.29, 1.82) is 0 Å². The van der Waals surface area contributed by atoms with Gasteiger partial charge in [0.15, 0.2) is 0 Å². The van der Waals surface area contributed by atoms with Crippen molar-refractivity contribution < 1.29 is 4.79 Å². The maximum absolute atomic E-state index is 12.4. The van der Waals surface area contributed by atoms with Crippen LogP contribution >= 0.6 is 47.8 Å². The number of pyridine rings is 1. The van der Waals surface area contributed by atoms with E-state index >= 15 is 0 Å². The number of nitrogens with one attached hydrogen (secondary N) is 2. The van der Waals surface area contributed by atoms with E-state index in [-0.39, 0.29) is 5.91 Å². The Balaban J connectivity index is 2.32. The Morgan fingerprint density at radius 3 is 2.60 bits per heavy atom. The minimum absolute atomic E-state index is 0.234. The van der Waals surface area contributed by atoms with Gasteiger partial charge in [-0.25, -0.2) is 4.98 Å².